The molecule has 0 radical (unpaired) electrons. The van der Waals surface area contributed by atoms with Crippen LogP contribution in [0.25, 0.3) is 0 Å². The fourth-order valence-electron chi connectivity index (χ4n) is 2.55. The van der Waals surface area contributed by atoms with Crippen LogP contribution in [0.4, 0.5) is 0 Å². The molecule has 110 valence electrons. The summed E-state index contributed by atoms with van der Waals surface area (Å²) in [5.74, 6) is 0.579. The Morgan fingerprint density at radius 2 is 1.95 bits per heavy atom. The smallest absolute Gasteiger partial charge is 0.243 e. The van der Waals surface area contributed by atoms with Crippen LogP contribution in [-0.2, 0) is 16.6 Å². The highest BCUT2D eigenvalue weighted by Gasteiger charge is 2.41. The molecule has 2 fully saturated rings. The van der Waals surface area contributed by atoms with Crippen molar-refractivity contribution >= 4 is 10.0 Å². The molecular weight excluding hydrogens is 272 g/mol. The van der Waals surface area contributed by atoms with Crippen molar-refractivity contribution in [3.8, 4) is 0 Å². The molecule has 4 nitrogen and oxygen atoms in total. The zero-order valence-electron chi connectivity index (χ0n) is 11.9. The lowest BCUT2D eigenvalue weighted by molar-refractivity contribution is 0.388. The summed E-state index contributed by atoms with van der Waals surface area (Å²) in [4.78, 5) is 0.416. The number of hydrogen-bond donors (Lipinski definition) is 1. The van der Waals surface area contributed by atoms with Crippen molar-refractivity contribution in [1.29, 1.82) is 0 Å². The predicted octanol–water partition coefficient (Wildman–Crippen LogP) is 2.02. The van der Waals surface area contributed by atoms with Crippen LogP contribution in [0, 0.1) is 12.8 Å². The molecule has 0 bridgehead atoms. The predicted molar refractivity (Wildman–Crippen MR) is 78.7 cm³/mol. The van der Waals surface area contributed by atoms with E-state index in [2.05, 4.69) is 0 Å². The second kappa shape index (κ2) is 5.13. The Morgan fingerprint density at radius 3 is 2.45 bits per heavy atom. The third-order valence-corrected chi connectivity index (χ3v) is 6.14. The molecule has 2 N–H and O–H groups in total. The second-order valence-corrected chi connectivity index (χ2v) is 7.93. The molecule has 0 saturated heterocycles. The topological polar surface area (TPSA) is 63.4 Å². The molecular formula is C15H22N2O2S. The maximum Gasteiger partial charge on any atom is 0.243 e. The summed E-state index contributed by atoms with van der Waals surface area (Å²) < 4.78 is 27.4. The molecule has 5 heteroatoms. The van der Waals surface area contributed by atoms with Crippen LogP contribution in [0.1, 0.15) is 36.8 Å². The summed E-state index contributed by atoms with van der Waals surface area (Å²) in [6.45, 7) is 3.06. The van der Waals surface area contributed by atoms with Crippen LogP contribution in [0.3, 0.4) is 0 Å². The quantitative estimate of drug-likeness (QED) is 0.873. The van der Waals surface area contributed by atoms with Gasteiger partial charge in [-0.05, 0) is 61.8 Å². The number of aryl methyl sites for hydroxylation is 1. The van der Waals surface area contributed by atoms with E-state index in [1.165, 1.54) is 12.8 Å². The summed E-state index contributed by atoms with van der Waals surface area (Å²) in [7, 11) is -3.35. The lowest BCUT2D eigenvalue weighted by atomic mass is 10.1. The zero-order chi connectivity index (χ0) is 14.3. The Balaban J connectivity index is 1.90. The van der Waals surface area contributed by atoms with Crippen molar-refractivity contribution in [3.05, 3.63) is 29.3 Å². The van der Waals surface area contributed by atoms with Gasteiger partial charge in [-0.3, -0.25) is 0 Å². The van der Waals surface area contributed by atoms with Crippen molar-refractivity contribution in [1.82, 2.24) is 4.31 Å². The van der Waals surface area contributed by atoms with E-state index in [4.69, 9.17) is 5.73 Å². The van der Waals surface area contributed by atoms with Crippen molar-refractivity contribution < 1.29 is 8.42 Å². The van der Waals surface area contributed by atoms with E-state index < -0.39 is 10.0 Å². The monoisotopic (exact) mass is 294 g/mol. The molecule has 0 unspecified atom stereocenters. The van der Waals surface area contributed by atoms with Gasteiger partial charge < -0.3 is 5.73 Å². The number of hydrogen-bond acceptors (Lipinski definition) is 3. The highest BCUT2D eigenvalue weighted by atomic mass is 32.2. The fourth-order valence-corrected chi connectivity index (χ4v) is 4.40. The van der Waals surface area contributed by atoms with E-state index in [-0.39, 0.29) is 6.04 Å². The van der Waals surface area contributed by atoms with Crippen molar-refractivity contribution in [2.75, 3.05) is 6.54 Å². The van der Waals surface area contributed by atoms with Gasteiger partial charge in [-0.25, -0.2) is 8.42 Å². The highest BCUT2D eigenvalue weighted by Crippen LogP contribution is 2.38. The molecule has 2 aliphatic carbocycles. The minimum Gasteiger partial charge on any atom is -0.326 e. The number of nitrogens with zero attached hydrogens (tertiary/aromatic N) is 1. The number of sulfonamides is 1. The molecule has 0 atom stereocenters. The van der Waals surface area contributed by atoms with Gasteiger partial charge in [-0.15, -0.1) is 0 Å². The molecule has 2 saturated carbocycles. The van der Waals surface area contributed by atoms with E-state index >= 15 is 0 Å². The Bertz CT molecular complexity index is 604. The van der Waals surface area contributed by atoms with Crippen LogP contribution < -0.4 is 5.73 Å². The first-order valence-corrected chi connectivity index (χ1v) is 8.78. The summed E-state index contributed by atoms with van der Waals surface area (Å²) >= 11 is 0. The molecule has 0 aliphatic heterocycles. The average Bonchev–Trinajstić information content (AvgIpc) is 3.27. The van der Waals surface area contributed by atoms with Gasteiger partial charge in [-0.2, -0.15) is 4.31 Å². The third kappa shape index (κ3) is 2.75. The largest absolute Gasteiger partial charge is 0.326 e. The first-order chi connectivity index (χ1) is 9.52. The molecule has 0 aromatic heterocycles. The first kappa shape index (κ1) is 14.0. The maximum atomic E-state index is 12.8. The zero-order valence-corrected chi connectivity index (χ0v) is 12.7. The molecule has 3 rings (SSSR count). The number of benzene rings is 1. The van der Waals surface area contributed by atoms with E-state index in [0.717, 1.165) is 24.0 Å². The molecule has 20 heavy (non-hydrogen) atoms. The van der Waals surface area contributed by atoms with Crippen LogP contribution in [0.2, 0.25) is 0 Å². The van der Waals surface area contributed by atoms with E-state index in [1.807, 2.05) is 13.0 Å². The molecule has 1 aromatic rings. The van der Waals surface area contributed by atoms with Gasteiger partial charge in [0.25, 0.3) is 0 Å². The van der Waals surface area contributed by atoms with E-state index in [1.54, 1.807) is 16.4 Å². The molecule has 0 amide bonds. The SMILES string of the molecule is Cc1cc(S(=O)(=O)N(CC2CC2)C2CC2)ccc1CN. The molecule has 0 spiro atoms. The maximum absolute atomic E-state index is 12.8. The minimum atomic E-state index is -3.35. The van der Waals surface area contributed by atoms with Crippen molar-refractivity contribution in [2.24, 2.45) is 11.7 Å². The van der Waals surface area contributed by atoms with Gasteiger partial charge in [0.15, 0.2) is 0 Å². The summed E-state index contributed by atoms with van der Waals surface area (Å²) in [6, 6.07) is 5.53. The van der Waals surface area contributed by atoms with Crippen LogP contribution in [0.5, 0.6) is 0 Å². The Kier molecular flexibility index (Phi) is 3.60. The third-order valence-electron chi connectivity index (χ3n) is 4.23. The standard InChI is InChI=1S/C15H22N2O2S/c1-11-8-15(7-4-13(11)9-16)20(18,19)17(14-5-6-14)10-12-2-3-12/h4,7-8,12,14H,2-3,5-6,9-10,16H2,1H3. The normalized spacial score (nSPS) is 19.6. The van der Waals surface area contributed by atoms with Gasteiger partial charge in [0.1, 0.15) is 0 Å². The van der Waals surface area contributed by atoms with Crippen molar-refractivity contribution in [2.45, 2.75) is 50.1 Å². The first-order valence-electron chi connectivity index (χ1n) is 7.34. The van der Waals surface area contributed by atoms with Crippen LogP contribution >= 0.6 is 0 Å². The van der Waals surface area contributed by atoms with Gasteiger partial charge in [0.05, 0.1) is 4.90 Å². The van der Waals surface area contributed by atoms with Crippen LogP contribution in [0.15, 0.2) is 23.1 Å². The van der Waals surface area contributed by atoms with Gasteiger partial charge in [0, 0.05) is 19.1 Å². The van der Waals surface area contributed by atoms with Gasteiger partial charge in [-0.1, -0.05) is 6.07 Å². The number of rotatable bonds is 6. The fraction of sp³-hybridized carbons (Fsp3) is 0.600. The van der Waals surface area contributed by atoms with Gasteiger partial charge >= 0.3 is 0 Å². The minimum absolute atomic E-state index is 0.232. The summed E-state index contributed by atoms with van der Waals surface area (Å²) in [5.41, 5.74) is 7.60. The lowest BCUT2D eigenvalue weighted by Gasteiger charge is -2.22. The Labute approximate surface area is 121 Å². The lowest BCUT2D eigenvalue weighted by Crippen LogP contribution is -2.35. The molecule has 0 heterocycles. The number of nitrogens with two attached hydrogens (primary N) is 1. The highest BCUT2D eigenvalue weighted by molar-refractivity contribution is 7.89. The molecule has 1 aromatic carbocycles. The summed E-state index contributed by atoms with van der Waals surface area (Å²) in [6.07, 6.45) is 4.35. The van der Waals surface area contributed by atoms with E-state index in [9.17, 15) is 8.42 Å². The average molecular weight is 294 g/mol. The second-order valence-electron chi connectivity index (χ2n) is 6.04. The van der Waals surface area contributed by atoms with Crippen molar-refractivity contribution in [3.63, 3.8) is 0 Å². The Morgan fingerprint density at radius 1 is 1.25 bits per heavy atom. The van der Waals surface area contributed by atoms with E-state index in [0.29, 0.717) is 23.9 Å². The van der Waals surface area contributed by atoms with Gasteiger partial charge in [0.2, 0.25) is 10.0 Å². The Hall–Kier alpha value is -0.910. The van der Waals surface area contributed by atoms with Crippen LogP contribution in [-0.4, -0.2) is 25.3 Å². The summed E-state index contributed by atoms with van der Waals surface area (Å²) in [5, 5.41) is 0. The molecule has 2 aliphatic rings.